The van der Waals surface area contributed by atoms with E-state index in [1.54, 1.807) is 7.05 Å². The molecule has 0 aromatic heterocycles. The zero-order valence-corrected chi connectivity index (χ0v) is 5.20. The van der Waals surface area contributed by atoms with Crippen LogP contribution in [0.25, 0.3) is 0 Å². The van der Waals surface area contributed by atoms with Crippen LogP contribution in [0, 0.1) is 11.3 Å². The fraction of sp³-hybridized carbons (Fsp3) is 0.800. The van der Waals surface area contributed by atoms with Gasteiger partial charge in [0, 0.05) is 6.54 Å². The van der Waals surface area contributed by atoms with Crippen LogP contribution in [0.15, 0.2) is 0 Å². The Morgan fingerprint density at radius 1 is 1.67 bits per heavy atom. The topological polar surface area (TPSA) is 76.3 Å². The second-order valence-corrected chi connectivity index (χ2v) is 1.70. The molecule has 0 amide bonds. The maximum absolute atomic E-state index is 8.78. The molecule has 9 heavy (non-hydrogen) atoms. The van der Waals surface area contributed by atoms with Crippen LogP contribution >= 0.6 is 0 Å². The van der Waals surface area contributed by atoms with Gasteiger partial charge in [-0.2, -0.15) is 5.26 Å². The van der Waals surface area contributed by atoms with Crippen LogP contribution in [0.5, 0.6) is 0 Å². The molecule has 2 unspecified atom stereocenters. The Morgan fingerprint density at radius 2 is 2.22 bits per heavy atom. The highest BCUT2D eigenvalue weighted by atomic mass is 16.3. The number of hydrogen-bond acceptors (Lipinski definition) is 4. The van der Waals surface area contributed by atoms with Crippen molar-refractivity contribution in [3.63, 3.8) is 0 Å². The van der Waals surface area contributed by atoms with Gasteiger partial charge in [0.25, 0.3) is 0 Å². The van der Waals surface area contributed by atoms with E-state index in [2.05, 4.69) is 5.32 Å². The van der Waals surface area contributed by atoms with Crippen molar-refractivity contribution in [1.29, 1.82) is 5.26 Å². The summed E-state index contributed by atoms with van der Waals surface area (Å²) >= 11 is 0. The quantitative estimate of drug-likeness (QED) is 0.404. The lowest BCUT2D eigenvalue weighted by atomic mass is 10.2. The first-order chi connectivity index (χ1) is 4.22. The molecule has 0 radical (unpaired) electrons. The Hall–Kier alpha value is -0.630. The number of rotatable bonds is 3. The third kappa shape index (κ3) is 3.03. The molecule has 0 aliphatic carbocycles. The molecule has 0 aliphatic heterocycles. The number of hydrogen-bond donors (Lipinski definition) is 3. The average molecular weight is 130 g/mol. The summed E-state index contributed by atoms with van der Waals surface area (Å²) in [7, 11) is 1.63. The van der Waals surface area contributed by atoms with Crippen molar-refractivity contribution in [1.82, 2.24) is 5.32 Å². The molecule has 0 saturated carbocycles. The highest BCUT2D eigenvalue weighted by Crippen LogP contribution is 1.87. The lowest BCUT2D eigenvalue weighted by Gasteiger charge is -2.09. The zero-order valence-electron chi connectivity index (χ0n) is 5.20. The number of aliphatic hydroxyl groups excluding tert-OH is 2. The van der Waals surface area contributed by atoms with Gasteiger partial charge >= 0.3 is 0 Å². The van der Waals surface area contributed by atoms with Crippen molar-refractivity contribution in [2.45, 2.75) is 12.2 Å². The molecule has 2 atom stereocenters. The third-order valence-electron chi connectivity index (χ3n) is 0.910. The number of nitrogens with one attached hydrogen (secondary N) is 1. The molecule has 52 valence electrons. The summed E-state index contributed by atoms with van der Waals surface area (Å²) in [5, 5.41) is 28.1. The van der Waals surface area contributed by atoms with E-state index in [1.807, 2.05) is 0 Å². The lowest BCUT2D eigenvalue weighted by molar-refractivity contribution is 0.0548. The molecule has 0 spiro atoms. The van der Waals surface area contributed by atoms with Gasteiger partial charge in [-0.05, 0) is 7.05 Å². The summed E-state index contributed by atoms with van der Waals surface area (Å²) in [6, 6.07) is 1.52. The van der Waals surface area contributed by atoms with Gasteiger partial charge in [0.2, 0.25) is 0 Å². The number of likely N-dealkylation sites (N-methyl/N-ethyl adjacent to an activating group) is 1. The largest absolute Gasteiger partial charge is 0.388 e. The monoisotopic (exact) mass is 130 g/mol. The molecule has 4 heteroatoms. The first-order valence-electron chi connectivity index (χ1n) is 2.62. The summed E-state index contributed by atoms with van der Waals surface area (Å²) in [6.45, 7) is 0.231. The Morgan fingerprint density at radius 3 is 2.56 bits per heavy atom. The second-order valence-electron chi connectivity index (χ2n) is 1.70. The fourth-order valence-electron chi connectivity index (χ4n) is 0.407. The molecule has 0 rings (SSSR count). The van der Waals surface area contributed by atoms with Crippen LogP contribution in [-0.4, -0.2) is 36.0 Å². The van der Waals surface area contributed by atoms with E-state index in [-0.39, 0.29) is 6.54 Å². The number of nitrogens with zero attached hydrogens (tertiary/aromatic N) is 1. The van der Waals surface area contributed by atoms with Gasteiger partial charge in [0.1, 0.15) is 6.10 Å². The standard InChI is InChI=1S/C5H10N2O2/c1-7-3-5(9)4(8)2-6/h4-5,7-9H,3H2,1H3. The molecule has 0 aromatic rings. The molecule has 0 aromatic carbocycles. The number of aliphatic hydroxyl groups is 2. The first-order valence-corrected chi connectivity index (χ1v) is 2.62. The van der Waals surface area contributed by atoms with E-state index in [0.29, 0.717) is 0 Å². The summed E-state index contributed by atoms with van der Waals surface area (Å²) in [5.74, 6) is 0. The van der Waals surface area contributed by atoms with Crippen LogP contribution in [-0.2, 0) is 0 Å². The SMILES string of the molecule is CNCC(O)C(O)C#N. The fourth-order valence-corrected chi connectivity index (χ4v) is 0.407. The average Bonchev–Trinajstić information content (AvgIpc) is 1.87. The summed E-state index contributed by atoms with van der Waals surface area (Å²) in [5.41, 5.74) is 0. The smallest absolute Gasteiger partial charge is 0.167 e. The third-order valence-corrected chi connectivity index (χ3v) is 0.910. The molecule has 3 N–H and O–H groups in total. The van der Waals surface area contributed by atoms with E-state index in [9.17, 15) is 0 Å². The van der Waals surface area contributed by atoms with Gasteiger partial charge in [0.15, 0.2) is 6.10 Å². The maximum atomic E-state index is 8.78. The van der Waals surface area contributed by atoms with Crippen LogP contribution in [0.4, 0.5) is 0 Å². The Kier molecular flexibility index (Phi) is 3.97. The van der Waals surface area contributed by atoms with Crippen LogP contribution in [0.2, 0.25) is 0 Å². The Balaban J connectivity index is 3.48. The van der Waals surface area contributed by atoms with Crippen molar-refractivity contribution < 1.29 is 10.2 Å². The van der Waals surface area contributed by atoms with Gasteiger partial charge in [-0.25, -0.2) is 0 Å². The van der Waals surface area contributed by atoms with Crippen molar-refractivity contribution in [3.05, 3.63) is 0 Å². The number of nitriles is 1. The second kappa shape index (κ2) is 4.27. The van der Waals surface area contributed by atoms with Gasteiger partial charge in [0.05, 0.1) is 6.07 Å². The lowest BCUT2D eigenvalue weighted by Crippen LogP contribution is -2.33. The summed E-state index contributed by atoms with van der Waals surface area (Å²) < 4.78 is 0. The van der Waals surface area contributed by atoms with Gasteiger partial charge in [-0.15, -0.1) is 0 Å². The zero-order chi connectivity index (χ0) is 7.28. The van der Waals surface area contributed by atoms with E-state index < -0.39 is 12.2 Å². The minimum Gasteiger partial charge on any atom is -0.388 e. The molecular weight excluding hydrogens is 120 g/mol. The molecule has 0 bridgehead atoms. The normalized spacial score (nSPS) is 16.2. The molecular formula is C5H10N2O2. The predicted molar refractivity (Wildman–Crippen MR) is 31.6 cm³/mol. The minimum absolute atomic E-state index is 0.231. The molecule has 0 aliphatic rings. The van der Waals surface area contributed by atoms with E-state index in [1.165, 1.54) is 6.07 Å². The van der Waals surface area contributed by atoms with Crippen molar-refractivity contribution in [3.8, 4) is 6.07 Å². The highest BCUT2D eigenvalue weighted by Gasteiger charge is 2.12. The van der Waals surface area contributed by atoms with Crippen molar-refractivity contribution >= 4 is 0 Å². The predicted octanol–water partition coefficient (Wildman–Crippen LogP) is -1.55. The van der Waals surface area contributed by atoms with E-state index in [0.717, 1.165) is 0 Å². The molecule has 0 saturated heterocycles. The van der Waals surface area contributed by atoms with Crippen LogP contribution < -0.4 is 5.32 Å². The summed E-state index contributed by atoms with van der Waals surface area (Å²) in [4.78, 5) is 0. The molecule has 4 nitrogen and oxygen atoms in total. The van der Waals surface area contributed by atoms with Gasteiger partial charge in [-0.3, -0.25) is 0 Å². The Bertz CT molecular complexity index is 110. The van der Waals surface area contributed by atoms with Crippen LogP contribution in [0.3, 0.4) is 0 Å². The Labute approximate surface area is 53.7 Å². The molecule has 0 fully saturated rings. The highest BCUT2D eigenvalue weighted by molar-refractivity contribution is 4.88. The molecule has 0 heterocycles. The summed E-state index contributed by atoms with van der Waals surface area (Å²) in [6.07, 6.45) is -2.27. The van der Waals surface area contributed by atoms with E-state index in [4.69, 9.17) is 15.5 Å². The van der Waals surface area contributed by atoms with Gasteiger partial charge < -0.3 is 15.5 Å². The van der Waals surface area contributed by atoms with Crippen molar-refractivity contribution in [2.75, 3.05) is 13.6 Å². The maximum Gasteiger partial charge on any atom is 0.167 e. The van der Waals surface area contributed by atoms with Crippen molar-refractivity contribution in [2.24, 2.45) is 0 Å². The van der Waals surface area contributed by atoms with E-state index >= 15 is 0 Å². The minimum atomic E-state index is -1.28. The first kappa shape index (κ1) is 8.37. The van der Waals surface area contributed by atoms with Crippen LogP contribution in [0.1, 0.15) is 0 Å². The van der Waals surface area contributed by atoms with Gasteiger partial charge in [-0.1, -0.05) is 0 Å².